The highest BCUT2D eigenvalue weighted by Crippen LogP contribution is 2.23. The van der Waals surface area contributed by atoms with Gasteiger partial charge in [-0.1, -0.05) is 48.0 Å². The van der Waals surface area contributed by atoms with Crippen LogP contribution in [0.5, 0.6) is 5.75 Å². The maximum absolute atomic E-state index is 11.5. The van der Waals surface area contributed by atoms with Gasteiger partial charge in [0.2, 0.25) is 0 Å². The smallest absolute Gasteiger partial charge is 0.307 e. The number of benzene rings is 2. The normalized spacial score (nSPS) is 11.9. The summed E-state index contributed by atoms with van der Waals surface area (Å²) in [5.74, 6) is -0.488. The summed E-state index contributed by atoms with van der Waals surface area (Å²) in [4.78, 5) is 11.5. The first-order valence-corrected chi connectivity index (χ1v) is 7.00. The van der Waals surface area contributed by atoms with Crippen molar-refractivity contribution in [2.75, 3.05) is 7.11 Å². The van der Waals surface area contributed by atoms with Gasteiger partial charge < -0.3 is 9.84 Å². The zero-order valence-corrected chi connectivity index (χ0v) is 12.4. The molecule has 0 aliphatic rings. The number of methoxy groups -OCH3 is 1. The van der Waals surface area contributed by atoms with Gasteiger partial charge in [-0.05, 0) is 37.0 Å². The largest absolute Gasteiger partial charge is 0.496 e. The lowest BCUT2D eigenvalue weighted by Gasteiger charge is -2.15. The highest BCUT2D eigenvalue weighted by atomic mass is 16.5. The maximum atomic E-state index is 11.5. The number of carboxylic acid groups (broad SMARTS) is 1. The van der Waals surface area contributed by atoms with E-state index in [4.69, 9.17) is 4.74 Å². The monoisotopic (exact) mass is 284 g/mol. The van der Waals surface area contributed by atoms with Crippen molar-refractivity contribution in [2.45, 2.75) is 19.8 Å². The van der Waals surface area contributed by atoms with Gasteiger partial charge in [-0.25, -0.2) is 0 Å². The molecule has 1 atom stereocenters. The second kappa shape index (κ2) is 6.93. The summed E-state index contributed by atoms with van der Waals surface area (Å²) in [6, 6.07) is 15.6. The number of carboxylic acids is 1. The lowest BCUT2D eigenvalue weighted by atomic mass is 9.92. The van der Waals surface area contributed by atoms with Gasteiger partial charge in [-0.3, -0.25) is 4.79 Å². The van der Waals surface area contributed by atoms with E-state index in [1.165, 1.54) is 5.56 Å². The summed E-state index contributed by atoms with van der Waals surface area (Å²) in [5, 5.41) is 9.47. The minimum absolute atomic E-state index is 0.455. The molecule has 0 heterocycles. The highest BCUT2D eigenvalue weighted by Gasteiger charge is 2.20. The first-order valence-electron chi connectivity index (χ1n) is 7.00. The van der Waals surface area contributed by atoms with Crippen molar-refractivity contribution < 1.29 is 14.6 Å². The fourth-order valence-corrected chi connectivity index (χ4v) is 2.39. The van der Waals surface area contributed by atoms with Crippen molar-refractivity contribution in [1.82, 2.24) is 0 Å². The molecule has 2 aromatic carbocycles. The Hall–Kier alpha value is -2.29. The summed E-state index contributed by atoms with van der Waals surface area (Å²) in [5.41, 5.74) is 3.15. The lowest BCUT2D eigenvalue weighted by Crippen LogP contribution is -2.19. The van der Waals surface area contributed by atoms with E-state index in [2.05, 4.69) is 0 Å². The Kier molecular flexibility index (Phi) is 4.99. The predicted molar refractivity (Wildman–Crippen MR) is 82.7 cm³/mol. The molecule has 0 spiro atoms. The SMILES string of the molecule is COc1ccccc1CC(Cc1ccc(C)cc1)C(=O)O. The molecule has 2 aromatic rings. The van der Waals surface area contributed by atoms with E-state index in [-0.39, 0.29) is 0 Å². The Morgan fingerprint density at radius 1 is 1.10 bits per heavy atom. The third kappa shape index (κ3) is 4.09. The number of para-hydroxylation sites is 1. The number of hydrogen-bond donors (Lipinski definition) is 1. The Labute approximate surface area is 125 Å². The molecule has 0 aliphatic heterocycles. The summed E-state index contributed by atoms with van der Waals surface area (Å²) >= 11 is 0. The van der Waals surface area contributed by atoms with Crippen LogP contribution in [-0.4, -0.2) is 18.2 Å². The molecule has 1 unspecified atom stereocenters. The second-order valence-corrected chi connectivity index (χ2v) is 5.24. The van der Waals surface area contributed by atoms with Gasteiger partial charge in [-0.2, -0.15) is 0 Å². The van der Waals surface area contributed by atoms with Gasteiger partial charge in [0.05, 0.1) is 13.0 Å². The minimum Gasteiger partial charge on any atom is -0.496 e. The van der Waals surface area contributed by atoms with Gasteiger partial charge in [0.15, 0.2) is 0 Å². The van der Waals surface area contributed by atoms with E-state index >= 15 is 0 Å². The fraction of sp³-hybridized carbons (Fsp3) is 0.278. The van der Waals surface area contributed by atoms with Crippen LogP contribution in [0.3, 0.4) is 0 Å². The van der Waals surface area contributed by atoms with Crippen LogP contribution in [0.15, 0.2) is 48.5 Å². The molecule has 0 aliphatic carbocycles. The number of aliphatic carboxylic acids is 1. The first kappa shape index (κ1) is 15.1. The van der Waals surface area contributed by atoms with Crippen LogP contribution in [0, 0.1) is 12.8 Å². The Morgan fingerprint density at radius 2 is 1.76 bits per heavy atom. The topological polar surface area (TPSA) is 46.5 Å². The van der Waals surface area contributed by atoms with Gasteiger partial charge >= 0.3 is 5.97 Å². The standard InChI is InChI=1S/C18H20O3/c1-13-7-9-14(10-8-13)11-16(18(19)20)12-15-5-3-4-6-17(15)21-2/h3-10,16H,11-12H2,1-2H3,(H,19,20). The fourth-order valence-electron chi connectivity index (χ4n) is 2.39. The quantitative estimate of drug-likeness (QED) is 0.883. The molecule has 0 aromatic heterocycles. The van der Waals surface area contributed by atoms with Crippen molar-refractivity contribution in [1.29, 1.82) is 0 Å². The first-order chi connectivity index (χ1) is 10.1. The third-order valence-corrected chi connectivity index (χ3v) is 3.61. The van der Waals surface area contributed by atoms with E-state index in [9.17, 15) is 9.90 Å². The molecule has 3 nitrogen and oxygen atoms in total. The third-order valence-electron chi connectivity index (χ3n) is 3.61. The molecular formula is C18H20O3. The molecule has 0 bridgehead atoms. The molecule has 1 N–H and O–H groups in total. The molecule has 0 radical (unpaired) electrons. The molecule has 0 fully saturated rings. The van der Waals surface area contributed by atoms with Crippen LogP contribution in [-0.2, 0) is 17.6 Å². The average Bonchev–Trinajstić information content (AvgIpc) is 2.49. The van der Waals surface area contributed by atoms with Crippen LogP contribution in [0.4, 0.5) is 0 Å². The summed E-state index contributed by atoms with van der Waals surface area (Å²) in [6.45, 7) is 2.02. The van der Waals surface area contributed by atoms with Crippen molar-refractivity contribution in [3.63, 3.8) is 0 Å². The van der Waals surface area contributed by atoms with Crippen molar-refractivity contribution in [2.24, 2.45) is 5.92 Å². The van der Waals surface area contributed by atoms with Crippen LogP contribution < -0.4 is 4.74 Å². The van der Waals surface area contributed by atoms with Crippen molar-refractivity contribution >= 4 is 5.97 Å². The van der Waals surface area contributed by atoms with E-state index in [0.717, 1.165) is 16.9 Å². The van der Waals surface area contributed by atoms with Crippen LogP contribution in [0.2, 0.25) is 0 Å². The van der Waals surface area contributed by atoms with E-state index in [1.54, 1.807) is 7.11 Å². The van der Waals surface area contributed by atoms with Gasteiger partial charge in [-0.15, -0.1) is 0 Å². The molecule has 110 valence electrons. The zero-order chi connectivity index (χ0) is 15.2. The molecule has 21 heavy (non-hydrogen) atoms. The highest BCUT2D eigenvalue weighted by molar-refractivity contribution is 5.71. The predicted octanol–water partition coefficient (Wildman–Crippen LogP) is 3.49. The van der Waals surface area contributed by atoms with Crippen LogP contribution >= 0.6 is 0 Å². The summed E-state index contributed by atoms with van der Waals surface area (Å²) in [6.07, 6.45) is 0.987. The molecule has 3 heteroatoms. The van der Waals surface area contributed by atoms with Gasteiger partial charge in [0.1, 0.15) is 5.75 Å². The molecule has 0 amide bonds. The van der Waals surface area contributed by atoms with E-state index in [1.807, 2.05) is 55.5 Å². The van der Waals surface area contributed by atoms with Crippen molar-refractivity contribution in [3.8, 4) is 5.75 Å². The summed E-state index contributed by atoms with van der Waals surface area (Å²) in [7, 11) is 1.61. The second-order valence-electron chi connectivity index (χ2n) is 5.24. The van der Waals surface area contributed by atoms with Gasteiger partial charge in [0.25, 0.3) is 0 Å². The number of hydrogen-bond acceptors (Lipinski definition) is 2. The van der Waals surface area contributed by atoms with Crippen LogP contribution in [0.1, 0.15) is 16.7 Å². The lowest BCUT2D eigenvalue weighted by molar-refractivity contribution is -0.141. The molecular weight excluding hydrogens is 264 g/mol. The van der Waals surface area contributed by atoms with Crippen molar-refractivity contribution in [3.05, 3.63) is 65.2 Å². The van der Waals surface area contributed by atoms with Crippen LogP contribution in [0.25, 0.3) is 0 Å². The Bertz CT molecular complexity index is 602. The van der Waals surface area contributed by atoms with E-state index in [0.29, 0.717) is 12.8 Å². The number of carbonyl (C=O) groups is 1. The molecule has 2 rings (SSSR count). The summed E-state index contributed by atoms with van der Waals surface area (Å²) < 4.78 is 5.30. The number of ether oxygens (including phenoxy) is 1. The zero-order valence-electron chi connectivity index (χ0n) is 12.4. The Balaban J connectivity index is 2.16. The maximum Gasteiger partial charge on any atom is 0.307 e. The average molecular weight is 284 g/mol. The Morgan fingerprint density at radius 3 is 2.38 bits per heavy atom. The molecule has 0 saturated carbocycles. The minimum atomic E-state index is -0.776. The van der Waals surface area contributed by atoms with E-state index < -0.39 is 11.9 Å². The number of rotatable bonds is 6. The van der Waals surface area contributed by atoms with Gasteiger partial charge in [0, 0.05) is 0 Å². The molecule has 0 saturated heterocycles. The number of aryl methyl sites for hydroxylation is 1.